The van der Waals surface area contributed by atoms with E-state index < -0.39 is 17.4 Å². The van der Waals surface area contributed by atoms with Gasteiger partial charge in [-0.2, -0.15) is 0 Å². The molecule has 2 aromatic heterocycles. The van der Waals surface area contributed by atoms with Crippen LogP contribution in [0.3, 0.4) is 0 Å². The second-order valence-electron chi connectivity index (χ2n) is 5.16. The van der Waals surface area contributed by atoms with Crippen LogP contribution < -0.4 is 10.9 Å². The zero-order valence-corrected chi connectivity index (χ0v) is 13.4. The molecule has 0 saturated heterocycles. The number of aromatic nitrogens is 3. The Hall–Kier alpha value is -3.26. The molecule has 0 aliphatic rings. The molecule has 2 heterocycles. The number of amides is 1. The summed E-state index contributed by atoms with van der Waals surface area (Å²) in [5, 5.41) is 12.5. The fourth-order valence-corrected chi connectivity index (χ4v) is 2.60. The predicted octanol–water partition coefficient (Wildman–Crippen LogP) is 1.60. The highest BCUT2D eigenvalue weighted by atomic mass is 35.5. The van der Waals surface area contributed by atoms with Crippen molar-refractivity contribution >= 4 is 34.4 Å². The van der Waals surface area contributed by atoms with E-state index in [1.54, 1.807) is 6.07 Å². The fourth-order valence-electron chi connectivity index (χ4n) is 2.35. The Morgan fingerprint density at radius 1 is 1.20 bits per heavy atom. The Morgan fingerprint density at radius 3 is 2.60 bits per heavy atom. The van der Waals surface area contributed by atoms with Gasteiger partial charge in [-0.05, 0) is 23.8 Å². The van der Waals surface area contributed by atoms with Crippen molar-refractivity contribution < 1.29 is 14.7 Å². The van der Waals surface area contributed by atoms with Gasteiger partial charge >= 0.3 is 5.97 Å². The molecule has 3 N–H and O–H groups in total. The summed E-state index contributed by atoms with van der Waals surface area (Å²) in [6.45, 7) is 0.0765. The van der Waals surface area contributed by atoms with Crippen LogP contribution in [0.2, 0.25) is 5.02 Å². The van der Waals surface area contributed by atoms with Gasteiger partial charge in [-0.25, -0.2) is 14.8 Å². The van der Waals surface area contributed by atoms with E-state index >= 15 is 0 Å². The van der Waals surface area contributed by atoms with Crippen LogP contribution in [0.5, 0.6) is 0 Å². The summed E-state index contributed by atoms with van der Waals surface area (Å²) in [4.78, 5) is 45.1. The first-order valence-corrected chi connectivity index (χ1v) is 7.45. The maximum absolute atomic E-state index is 12.1. The molecule has 0 radical (unpaired) electrons. The number of nitrogens with one attached hydrogen (secondary N) is 2. The molecule has 0 fully saturated rings. The van der Waals surface area contributed by atoms with Crippen molar-refractivity contribution in [2.45, 2.75) is 6.54 Å². The molecule has 0 saturated carbocycles. The van der Waals surface area contributed by atoms with E-state index in [4.69, 9.17) is 16.7 Å². The second-order valence-corrected chi connectivity index (χ2v) is 5.59. The highest BCUT2D eigenvalue weighted by Gasteiger charge is 2.14. The number of carboxylic acids is 1. The van der Waals surface area contributed by atoms with E-state index in [0.29, 0.717) is 21.5 Å². The topological polar surface area (TPSA) is 125 Å². The minimum atomic E-state index is -1.33. The Balaban J connectivity index is 1.96. The Labute approximate surface area is 145 Å². The average molecular weight is 359 g/mol. The summed E-state index contributed by atoms with van der Waals surface area (Å²) in [6, 6.07) is 4.37. The molecular weight excluding hydrogens is 348 g/mol. The van der Waals surface area contributed by atoms with Crippen LogP contribution in [0, 0.1) is 0 Å². The van der Waals surface area contributed by atoms with Gasteiger partial charge in [0.1, 0.15) is 11.9 Å². The molecule has 0 aliphatic carbocycles. The summed E-state index contributed by atoms with van der Waals surface area (Å²) < 4.78 is 0. The standard InChI is InChI=1S/C16H11ClN4O4/c17-11-1-8-3-12(16(24)25)15(23)21-13(8)9(2-11)6-20-14(22)10-4-18-7-19-5-10/h1-5,7H,6H2,(H,20,22)(H,21,23)(H,24,25). The van der Waals surface area contributed by atoms with Gasteiger partial charge in [-0.15, -0.1) is 0 Å². The number of rotatable bonds is 4. The number of hydrogen-bond acceptors (Lipinski definition) is 5. The number of aromatic carboxylic acids is 1. The van der Waals surface area contributed by atoms with E-state index in [-0.39, 0.29) is 17.7 Å². The van der Waals surface area contributed by atoms with E-state index in [9.17, 15) is 14.4 Å². The second kappa shape index (κ2) is 6.70. The molecule has 3 aromatic rings. The van der Waals surface area contributed by atoms with Gasteiger partial charge in [0.25, 0.3) is 11.5 Å². The highest BCUT2D eigenvalue weighted by Crippen LogP contribution is 2.22. The molecule has 0 aliphatic heterocycles. The number of nitrogens with zero attached hydrogens (tertiary/aromatic N) is 2. The molecule has 0 atom stereocenters. The lowest BCUT2D eigenvalue weighted by molar-refractivity contribution is 0.0695. The van der Waals surface area contributed by atoms with E-state index in [1.807, 2.05) is 0 Å². The molecule has 0 spiro atoms. The molecule has 9 heteroatoms. The molecule has 1 aromatic carbocycles. The quantitative estimate of drug-likeness (QED) is 0.650. The number of aromatic amines is 1. The largest absolute Gasteiger partial charge is 0.477 e. The van der Waals surface area contributed by atoms with Crippen molar-refractivity contribution in [1.82, 2.24) is 20.3 Å². The van der Waals surface area contributed by atoms with Crippen LogP contribution in [0.15, 0.2) is 41.7 Å². The van der Waals surface area contributed by atoms with Gasteiger partial charge < -0.3 is 15.4 Å². The molecule has 3 rings (SSSR count). The van der Waals surface area contributed by atoms with Crippen LogP contribution in [0.25, 0.3) is 10.9 Å². The van der Waals surface area contributed by atoms with Crippen LogP contribution in [-0.2, 0) is 6.54 Å². The van der Waals surface area contributed by atoms with Crippen molar-refractivity contribution in [1.29, 1.82) is 0 Å². The summed E-state index contributed by atoms with van der Waals surface area (Å²) in [5.41, 5.74) is 0.124. The number of carbonyl (C=O) groups excluding carboxylic acids is 1. The summed E-state index contributed by atoms with van der Waals surface area (Å²) in [5.74, 6) is -1.72. The maximum Gasteiger partial charge on any atom is 0.341 e. The fraction of sp³-hybridized carbons (Fsp3) is 0.0625. The molecule has 25 heavy (non-hydrogen) atoms. The zero-order valence-electron chi connectivity index (χ0n) is 12.6. The molecule has 126 valence electrons. The van der Waals surface area contributed by atoms with Crippen molar-refractivity contribution in [3.05, 3.63) is 69.0 Å². The van der Waals surface area contributed by atoms with Crippen molar-refractivity contribution in [3.63, 3.8) is 0 Å². The van der Waals surface area contributed by atoms with Gasteiger partial charge in [0, 0.05) is 29.3 Å². The average Bonchev–Trinajstić information content (AvgIpc) is 2.59. The molecular formula is C16H11ClN4O4. The lowest BCUT2D eigenvalue weighted by atomic mass is 10.1. The van der Waals surface area contributed by atoms with Gasteiger partial charge in [-0.3, -0.25) is 9.59 Å². The van der Waals surface area contributed by atoms with Gasteiger partial charge in [0.2, 0.25) is 0 Å². The molecule has 8 nitrogen and oxygen atoms in total. The van der Waals surface area contributed by atoms with Crippen molar-refractivity contribution in [2.75, 3.05) is 0 Å². The lowest BCUT2D eigenvalue weighted by Crippen LogP contribution is -2.24. The summed E-state index contributed by atoms with van der Waals surface area (Å²) in [6.07, 6.45) is 4.06. The van der Waals surface area contributed by atoms with Gasteiger partial charge in [0.15, 0.2) is 0 Å². The lowest BCUT2D eigenvalue weighted by Gasteiger charge is -2.10. The first kappa shape index (κ1) is 16.6. The van der Waals surface area contributed by atoms with Gasteiger partial charge in [0.05, 0.1) is 11.1 Å². The van der Waals surface area contributed by atoms with E-state index in [1.165, 1.54) is 30.9 Å². The first-order chi connectivity index (χ1) is 12.0. The number of halogens is 1. The SMILES string of the molecule is O=C(NCc1cc(Cl)cc2cc(C(=O)O)c(=O)[nH]c12)c1cncnc1. The third-order valence-corrected chi connectivity index (χ3v) is 3.71. The minimum Gasteiger partial charge on any atom is -0.477 e. The van der Waals surface area contributed by atoms with Crippen molar-refractivity contribution in [2.24, 2.45) is 0 Å². The van der Waals surface area contributed by atoms with Crippen LogP contribution in [-0.4, -0.2) is 31.9 Å². The molecule has 0 unspecified atom stereocenters. The zero-order chi connectivity index (χ0) is 18.0. The maximum atomic E-state index is 12.1. The number of fused-ring (bicyclic) bond motifs is 1. The van der Waals surface area contributed by atoms with Gasteiger partial charge in [-0.1, -0.05) is 11.6 Å². The third-order valence-electron chi connectivity index (χ3n) is 3.49. The Kier molecular flexibility index (Phi) is 4.44. The first-order valence-electron chi connectivity index (χ1n) is 7.07. The van der Waals surface area contributed by atoms with Crippen LogP contribution >= 0.6 is 11.6 Å². The monoisotopic (exact) mass is 358 g/mol. The van der Waals surface area contributed by atoms with Crippen molar-refractivity contribution in [3.8, 4) is 0 Å². The summed E-state index contributed by atoms with van der Waals surface area (Å²) in [7, 11) is 0. The van der Waals surface area contributed by atoms with E-state index in [2.05, 4.69) is 20.3 Å². The molecule has 0 bridgehead atoms. The normalized spacial score (nSPS) is 10.6. The number of H-pyrrole nitrogens is 1. The summed E-state index contributed by atoms with van der Waals surface area (Å²) >= 11 is 6.06. The molecule has 1 amide bonds. The smallest absolute Gasteiger partial charge is 0.341 e. The predicted molar refractivity (Wildman–Crippen MR) is 89.7 cm³/mol. The number of carboxylic acid groups (broad SMARTS) is 1. The number of benzene rings is 1. The number of carbonyl (C=O) groups is 2. The van der Waals surface area contributed by atoms with E-state index in [0.717, 1.165) is 0 Å². The number of hydrogen-bond donors (Lipinski definition) is 3. The number of pyridine rings is 1. The van der Waals surface area contributed by atoms with Crippen LogP contribution in [0.4, 0.5) is 0 Å². The Bertz CT molecular complexity index is 1030. The Morgan fingerprint density at radius 2 is 1.92 bits per heavy atom. The highest BCUT2D eigenvalue weighted by molar-refractivity contribution is 6.31. The minimum absolute atomic E-state index is 0.0765. The third kappa shape index (κ3) is 3.48. The van der Waals surface area contributed by atoms with Crippen LogP contribution in [0.1, 0.15) is 26.3 Å².